The molecule has 0 aliphatic carbocycles. The molecule has 4 aromatic rings. The SMILES string of the molecule is O=C(CCc1ccc(-c2ccc(Cl)cc2)o1)Nc1ncc(Cc2ccccc2)o1. The van der Waals surface area contributed by atoms with E-state index in [2.05, 4.69) is 10.3 Å². The van der Waals surface area contributed by atoms with Gasteiger partial charge in [0.25, 0.3) is 0 Å². The van der Waals surface area contributed by atoms with Crippen LogP contribution in [0.2, 0.25) is 5.02 Å². The lowest BCUT2D eigenvalue weighted by atomic mass is 10.1. The van der Waals surface area contributed by atoms with Crippen molar-refractivity contribution in [3.8, 4) is 11.3 Å². The van der Waals surface area contributed by atoms with E-state index in [4.69, 9.17) is 20.4 Å². The highest BCUT2D eigenvalue weighted by molar-refractivity contribution is 6.30. The number of oxazole rings is 1. The van der Waals surface area contributed by atoms with Crippen molar-refractivity contribution in [1.82, 2.24) is 4.98 Å². The zero-order valence-corrected chi connectivity index (χ0v) is 16.4. The zero-order valence-electron chi connectivity index (χ0n) is 15.6. The number of halogens is 1. The van der Waals surface area contributed by atoms with Crippen molar-refractivity contribution in [3.63, 3.8) is 0 Å². The van der Waals surface area contributed by atoms with E-state index in [0.717, 1.165) is 22.6 Å². The molecule has 2 aromatic carbocycles. The van der Waals surface area contributed by atoms with Crippen LogP contribution >= 0.6 is 11.6 Å². The number of furan rings is 1. The fraction of sp³-hybridized carbons (Fsp3) is 0.130. The van der Waals surface area contributed by atoms with Gasteiger partial charge in [0.15, 0.2) is 0 Å². The Morgan fingerprint density at radius 3 is 2.52 bits per heavy atom. The van der Waals surface area contributed by atoms with Gasteiger partial charge < -0.3 is 8.83 Å². The van der Waals surface area contributed by atoms with Crippen molar-refractivity contribution in [2.75, 3.05) is 5.32 Å². The van der Waals surface area contributed by atoms with E-state index in [9.17, 15) is 4.79 Å². The van der Waals surface area contributed by atoms with Gasteiger partial charge in [-0.3, -0.25) is 10.1 Å². The lowest BCUT2D eigenvalue weighted by Crippen LogP contribution is -2.12. The molecule has 0 bridgehead atoms. The largest absolute Gasteiger partial charge is 0.461 e. The van der Waals surface area contributed by atoms with Gasteiger partial charge in [0, 0.05) is 29.8 Å². The summed E-state index contributed by atoms with van der Waals surface area (Å²) >= 11 is 5.91. The fourth-order valence-electron chi connectivity index (χ4n) is 2.94. The summed E-state index contributed by atoms with van der Waals surface area (Å²) in [4.78, 5) is 16.3. The molecule has 0 spiro atoms. The zero-order chi connectivity index (χ0) is 20.1. The number of amides is 1. The number of carbonyl (C=O) groups is 1. The molecule has 0 radical (unpaired) electrons. The molecule has 0 atom stereocenters. The van der Waals surface area contributed by atoms with Crippen LogP contribution in [0.3, 0.4) is 0 Å². The molecule has 6 heteroatoms. The van der Waals surface area contributed by atoms with E-state index in [0.29, 0.717) is 23.6 Å². The molecule has 0 saturated carbocycles. The Kier molecular flexibility index (Phi) is 5.77. The normalized spacial score (nSPS) is 10.8. The van der Waals surface area contributed by atoms with E-state index < -0.39 is 0 Å². The molecule has 146 valence electrons. The number of aromatic nitrogens is 1. The maximum absolute atomic E-state index is 12.2. The molecular formula is C23H19ClN2O3. The van der Waals surface area contributed by atoms with E-state index in [1.165, 1.54) is 0 Å². The Morgan fingerprint density at radius 1 is 0.931 bits per heavy atom. The van der Waals surface area contributed by atoms with Crippen LogP contribution in [-0.2, 0) is 17.6 Å². The number of hydrogen-bond acceptors (Lipinski definition) is 4. The average Bonchev–Trinajstić information content (AvgIpc) is 3.37. The van der Waals surface area contributed by atoms with Crippen molar-refractivity contribution in [2.24, 2.45) is 0 Å². The van der Waals surface area contributed by atoms with Gasteiger partial charge in [-0.15, -0.1) is 0 Å². The van der Waals surface area contributed by atoms with Gasteiger partial charge in [-0.25, -0.2) is 4.98 Å². The average molecular weight is 407 g/mol. The molecule has 0 unspecified atom stereocenters. The van der Waals surface area contributed by atoms with Crippen LogP contribution in [0.25, 0.3) is 11.3 Å². The van der Waals surface area contributed by atoms with Crippen molar-refractivity contribution in [1.29, 1.82) is 0 Å². The number of nitrogens with one attached hydrogen (secondary N) is 1. The van der Waals surface area contributed by atoms with Crippen molar-refractivity contribution >= 4 is 23.5 Å². The number of anilines is 1. The van der Waals surface area contributed by atoms with Gasteiger partial charge in [0.2, 0.25) is 5.91 Å². The third kappa shape index (κ3) is 5.15. The van der Waals surface area contributed by atoms with Crippen LogP contribution in [0.15, 0.2) is 81.8 Å². The first-order valence-corrected chi connectivity index (χ1v) is 9.66. The Morgan fingerprint density at radius 2 is 1.72 bits per heavy atom. The minimum Gasteiger partial charge on any atom is -0.461 e. The maximum atomic E-state index is 12.2. The molecule has 2 aromatic heterocycles. The van der Waals surface area contributed by atoms with Gasteiger partial charge in [-0.1, -0.05) is 41.9 Å². The number of aryl methyl sites for hydroxylation is 1. The maximum Gasteiger partial charge on any atom is 0.301 e. The van der Waals surface area contributed by atoms with Crippen LogP contribution in [0.4, 0.5) is 6.01 Å². The molecule has 0 aliphatic heterocycles. The highest BCUT2D eigenvalue weighted by atomic mass is 35.5. The molecule has 1 N–H and O–H groups in total. The van der Waals surface area contributed by atoms with Crippen LogP contribution < -0.4 is 5.32 Å². The highest BCUT2D eigenvalue weighted by Gasteiger charge is 2.11. The van der Waals surface area contributed by atoms with Crippen LogP contribution in [0.1, 0.15) is 23.5 Å². The van der Waals surface area contributed by atoms with E-state index in [1.54, 1.807) is 6.20 Å². The first-order chi connectivity index (χ1) is 14.2. The van der Waals surface area contributed by atoms with Gasteiger partial charge in [-0.2, -0.15) is 0 Å². The lowest BCUT2D eigenvalue weighted by Gasteiger charge is -2.01. The van der Waals surface area contributed by atoms with Gasteiger partial charge in [-0.05, 0) is 42.0 Å². The minimum atomic E-state index is -0.178. The number of hydrogen-bond donors (Lipinski definition) is 1. The van der Waals surface area contributed by atoms with Crippen LogP contribution in [-0.4, -0.2) is 10.9 Å². The molecule has 0 saturated heterocycles. The molecule has 29 heavy (non-hydrogen) atoms. The standard InChI is InChI=1S/C23H19ClN2O3/c24-18-8-6-17(7-9-18)21-12-10-19(28-21)11-13-22(27)26-23-25-15-20(29-23)14-16-4-2-1-3-5-16/h1-10,12,15H,11,13-14H2,(H,25,26,27). The quantitative estimate of drug-likeness (QED) is 0.424. The third-order valence-electron chi connectivity index (χ3n) is 4.41. The summed E-state index contributed by atoms with van der Waals surface area (Å²) in [5.41, 5.74) is 2.06. The van der Waals surface area contributed by atoms with E-state index in [-0.39, 0.29) is 18.3 Å². The topological polar surface area (TPSA) is 68.3 Å². The molecule has 4 rings (SSSR count). The van der Waals surface area contributed by atoms with Gasteiger partial charge in [0.05, 0.1) is 6.20 Å². The van der Waals surface area contributed by atoms with Crippen molar-refractivity contribution in [3.05, 3.63) is 95.0 Å². The minimum absolute atomic E-state index is 0.178. The predicted octanol–water partition coefficient (Wildman–Crippen LogP) is 5.75. The summed E-state index contributed by atoms with van der Waals surface area (Å²) in [5, 5.41) is 3.37. The summed E-state index contributed by atoms with van der Waals surface area (Å²) in [6.45, 7) is 0. The Labute approximate surface area is 173 Å². The Balaban J connectivity index is 1.29. The molecule has 1 amide bonds. The number of carbonyl (C=O) groups excluding carboxylic acids is 1. The van der Waals surface area contributed by atoms with Crippen molar-refractivity contribution < 1.29 is 13.6 Å². The van der Waals surface area contributed by atoms with E-state index >= 15 is 0 Å². The second-order valence-electron chi connectivity index (χ2n) is 6.62. The number of benzene rings is 2. The lowest BCUT2D eigenvalue weighted by molar-refractivity contribution is -0.116. The number of nitrogens with zero attached hydrogens (tertiary/aromatic N) is 1. The van der Waals surface area contributed by atoms with Crippen LogP contribution in [0.5, 0.6) is 0 Å². The smallest absolute Gasteiger partial charge is 0.301 e. The first kappa shape index (κ1) is 19.0. The fourth-order valence-corrected chi connectivity index (χ4v) is 3.07. The highest BCUT2D eigenvalue weighted by Crippen LogP contribution is 2.24. The summed E-state index contributed by atoms with van der Waals surface area (Å²) in [5.74, 6) is 2.00. The van der Waals surface area contributed by atoms with Crippen molar-refractivity contribution in [2.45, 2.75) is 19.3 Å². The summed E-state index contributed by atoms with van der Waals surface area (Å²) in [6, 6.07) is 21.3. The number of rotatable bonds is 7. The first-order valence-electron chi connectivity index (χ1n) is 9.29. The van der Waals surface area contributed by atoms with E-state index in [1.807, 2.05) is 66.7 Å². The second kappa shape index (κ2) is 8.80. The molecule has 0 aliphatic rings. The second-order valence-corrected chi connectivity index (χ2v) is 7.05. The third-order valence-corrected chi connectivity index (χ3v) is 4.66. The van der Waals surface area contributed by atoms with Crippen LogP contribution in [0, 0.1) is 0 Å². The predicted molar refractivity (Wildman–Crippen MR) is 112 cm³/mol. The van der Waals surface area contributed by atoms with Gasteiger partial charge >= 0.3 is 6.01 Å². The summed E-state index contributed by atoms with van der Waals surface area (Å²) in [6.07, 6.45) is 3.01. The summed E-state index contributed by atoms with van der Waals surface area (Å²) < 4.78 is 11.4. The molecule has 2 heterocycles. The monoisotopic (exact) mass is 406 g/mol. The molecule has 0 fully saturated rings. The molecule has 5 nitrogen and oxygen atoms in total. The summed E-state index contributed by atoms with van der Waals surface area (Å²) in [7, 11) is 0. The van der Waals surface area contributed by atoms with Gasteiger partial charge in [0.1, 0.15) is 17.3 Å². The molecular weight excluding hydrogens is 388 g/mol. The Hall–Kier alpha value is -3.31. The Bertz CT molecular complexity index is 1080.